The SMILES string of the molecule is Cc1ccn(CC(=O)N2CCN(S(=O)(=O)c3ccccc3)CC2)c(=O)c1. The maximum atomic E-state index is 12.6. The van der Waals surface area contributed by atoms with E-state index in [0.717, 1.165) is 5.56 Å². The molecule has 7 nitrogen and oxygen atoms in total. The van der Waals surface area contributed by atoms with Gasteiger partial charge in [0.2, 0.25) is 15.9 Å². The molecule has 1 saturated heterocycles. The summed E-state index contributed by atoms with van der Waals surface area (Å²) < 4.78 is 28.0. The number of hydrogen-bond donors (Lipinski definition) is 0. The van der Waals surface area contributed by atoms with E-state index in [1.54, 1.807) is 47.5 Å². The van der Waals surface area contributed by atoms with Crippen LogP contribution in [0.3, 0.4) is 0 Å². The molecule has 0 radical (unpaired) electrons. The zero-order valence-corrected chi connectivity index (χ0v) is 15.4. The van der Waals surface area contributed by atoms with E-state index >= 15 is 0 Å². The standard InChI is InChI=1S/C18H21N3O4S/c1-15-7-8-20(17(22)13-15)14-18(23)19-9-11-21(12-10-19)26(24,25)16-5-3-2-4-6-16/h2-8,13H,9-12,14H2,1H3. The number of benzene rings is 1. The molecule has 1 amide bonds. The Kier molecular flexibility index (Phi) is 5.24. The Bertz CT molecular complexity index is 946. The summed E-state index contributed by atoms with van der Waals surface area (Å²) >= 11 is 0. The second kappa shape index (κ2) is 7.43. The summed E-state index contributed by atoms with van der Waals surface area (Å²) in [5.41, 5.74) is 0.627. The van der Waals surface area contributed by atoms with Crippen molar-refractivity contribution in [2.45, 2.75) is 18.4 Å². The van der Waals surface area contributed by atoms with Crippen LogP contribution in [0.2, 0.25) is 0 Å². The van der Waals surface area contributed by atoms with Gasteiger partial charge in [0.25, 0.3) is 5.56 Å². The minimum absolute atomic E-state index is 0.0372. The number of carbonyl (C=O) groups is 1. The van der Waals surface area contributed by atoms with Gasteiger partial charge in [-0.05, 0) is 30.7 Å². The molecular weight excluding hydrogens is 354 g/mol. The summed E-state index contributed by atoms with van der Waals surface area (Å²) in [6, 6.07) is 11.5. The summed E-state index contributed by atoms with van der Waals surface area (Å²) in [7, 11) is -3.54. The molecule has 26 heavy (non-hydrogen) atoms. The molecule has 0 unspecified atom stereocenters. The zero-order valence-electron chi connectivity index (χ0n) is 14.5. The van der Waals surface area contributed by atoms with Gasteiger partial charge in [-0.3, -0.25) is 9.59 Å². The van der Waals surface area contributed by atoms with Gasteiger partial charge in [-0.15, -0.1) is 0 Å². The van der Waals surface area contributed by atoms with Crippen LogP contribution in [0.15, 0.2) is 58.4 Å². The molecule has 1 aromatic carbocycles. The monoisotopic (exact) mass is 375 g/mol. The summed E-state index contributed by atoms with van der Waals surface area (Å²) in [5, 5.41) is 0. The fourth-order valence-corrected chi connectivity index (χ4v) is 4.35. The first kappa shape index (κ1) is 18.3. The Hall–Kier alpha value is -2.45. The van der Waals surface area contributed by atoms with E-state index in [1.807, 2.05) is 6.92 Å². The van der Waals surface area contributed by atoms with Crippen LogP contribution in [-0.4, -0.2) is 54.3 Å². The molecule has 1 fully saturated rings. The van der Waals surface area contributed by atoms with E-state index in [0.29, 0.717) is 13.1 Å². The van der Waals surface area contributed by atoms with Crippen LogP contribution in [0.1, 0.15) is 5.56 Å². The van der Waals surface area contributed by atoms with Gasteiger partial charge in [-0.2, -0.15) is 4.31 Å². The molecule has 0 N–H and O–H groups in total. The van der Waals surface area contributed by atoms with Crippen molar-refractivity contribution in [3.63, 3.8) is 0 Å². The highest BCUT2D eigenvalue weighted by molar-refractivity contribution is 7.89. The van der Waals surface area contributed by atoms with Gasteiger partial charge in [0, 0.05) is 38.4 Å². The smallest absolute Gasteiger partial charge is 0.251 e. The van der Waals surface area contributed by atoms with Crippen molar-refractivity contribution in [2.75, 3.05) is 26.2 Å². The van der Waals surface area contributed by atoms with Crippen LogP contribution in [0.4, 0.5) is 0 Å². The van der Waals surface area contributed by atoms with Crippen molar-refractivity contribution < 1.29 is 13.2 Å². The lowest BCUT2D eigenvalue weighted by molar-refractivity contribution is -0.133. The topological polar surface area (TPSA) is 79.7 Å². The molecule has 0 bridgehead atoms. The van der Waals surface area contributed by atoms with Crippen molar-refractivity contribution in [1.29, 1.82) is 0 Å². The van der Waals surface area contributed by atoms with Crippen LogP contribution in [-0.2, 0) is 21.4 Å². The van der Waals surface area contributed by atoms with E-state index in [2.05, 4.69) is 0 Å². The minimum Gasteiger partial charge on any atom is -0.339 e. The fourth-order valence-electron chi connectivity index (χ4n) is 2.90. The first-order valence-electron chi connectivity index (χ1n) is 8.38. The van der Waals surface area contributed by atoms with Crippen LogP contribution in [0, 0.1) is 6.92 Å². The molecule has 1 aromatic heterocycles. The number of hydrogen-bond acceptors (Lipinski definition) is 4. The number of aromatic nitrogens is 1. The predicted molar refractivity (Wildman–Crippen MR) is 97.2 cm³/mol. The summed E-state index contributed by atoms with van der Waals surface area (Å²) in [5.74, 6) is -0.187. The van der Waals surface area contributed by atoms with Gasteiger partial charge >= 0.3 is 0 Å². The van der Waals surface area contributed by atoms with Crippen molar-refractivity contribution in [3.05, 3.63) is 64.6 Å². The molecule has 0 spiro atoms. The molecular formula is C18H21N3O4S. The Morgan fingerprint density at radius 3 is 2.31 bits per heavy atom. The average molecular weight is 375 g/mol. The quantitative estimate of drug-likeness (QED) is 0.788. The van der Waals surface area contributed by atoms with Crippen molar-refractivity contribution in [2.24, 2.45) is 0 Å². The second-order valence-corrected chi connectivity index (χ2v) is 8.21. The number of rotatable bonds is 4. The number of aryl methyl sites for hydroxylation is 1. The predicted octanol–water partition coefficient (Wildman–Crippen LogP) is 0.690. The fraction of sp³-hybridized carbons (Fsp3) is 0.333. The lowest BCUT2D eigenvalue weighted by atomic mass is 10.3. The molecule has 2 aromatic rings. The highest BCUT2D eigenvalue weighted by Crippen LogP contribution is 2.17. The van der Waals surface area contributed by atoms with Gasteiger partial charge in [-0.25, -0.2) is 8.42 Å². The maximum Gasteiger partial charge on any atom is 0.251 e. The van der Waals surface area contributed by atoms with Gasteiger partial charge in [0.05, 0.1) is 4.90 Å². The summed E-state index contributed by atoms with van der Waals surface area (Å²) in [4.78, 5) is 26.2. The van der Waals surface area contributed by atoms with Crippen molar-refractivity contribution in [1.82, 2.24) is 13.8 Å². The van der Waals surface area contributed by atoms with Crippen LogP contribution in [0.5, 0.6) is 0 Å². The summed E-state index contributed by atoms with van der Waals surface area (Å²) in [6.45, 7) is 2.89. The first-order chi connectivity index (χ1) is 12.4. The highest BCUT2D eigenvalue weighted by Gasteiger charge is 2.29. The van der Waals surface area contributed by atoms with Crippen molar-refractivity contribution in [3.8, 4) is 0 Å². The molecule has 1 aliphatic rings. The molecule has 1 aliphatic heterocycles. The molecule has 2 heterocycles. The van der Waals surface area contributed by atoms with Gasteiger partial charge in [0.15, 0.2) is 0 Å². The maximum absolute atomic E-state index is 12.6. The van der Waals surface area contributed by atoms with Crippen molar-refractivity contribution >= 4 is 15.9 Å². The lowest BCUT2D eigenvalue weighted by Crippen LogP contribution is -2.51. The third kappa shape index (κ3) is 3.86. The van der Waals surface area contributed by atoms with Gasteiger partial charge in [0.1, 0.15) is 6.54 Å². The molecule has 0 atom stereocenters. The molecule has 0 aliphatic carbocycles. The second-order valence-electron chi connectivity index (χ2n) is 6.27. The number of carbonyl (C=O) groups excluding carboxylic acids is 1. The van der Waals surface area contributed by atoms with Crippen LogP contribution < -0.4 is 5.56 Å². The van der Waals surface area contributed by atoms with Gasteiger partial charge in [-0.1, -0.05) is 18.2 Å². The Balaban J connectivity index is 1.63. The molecule has 3 rings (SSSR count). The number of piperazine rings is 1. The molecule has 8 heteroatoms. The van der Waals surface area contributed by atoms with E-state index in [4.69, 9.17) is 0 Å². The van der Waals surface area contributed by atoms with Crippen LogP contribution in [0.25, 0.3) is 0 Å². The Labute approximate surface area is 152 Å². The highest BCUT2D eigenvalue weighted by atomic mass is 32.2. The third-order valence-corrected chi connectivity index (χ3v) is 6.34. The molecule has 0 saturated carbocycles. The van der Waals surface area contributed by atoms with Gasteiger partial charge < -0.3 is 9.47 Å². The van der Waals surface area contributed by atoms with E-state index in [9.17, 15) is 18.0 Å². The number of sulfonamides is 1. The average Bonchev–Trinajstić information content (AvgIpc) is 2.65. The number of amides is 1. The van der Waals surface area contributed by atoms with Crippen LogP contribution >= 0.6 is 0 Å². The zero-order chi connectivity index (χ0) is 18.7. The minimum atomic E-state index is -3.54. The first-order valence-corrected chi connectivity index (χ1v) is 9.82. The Morgan fingerprint density at radius 1 is 1.04 bits per heavy atom. The van der Waals surface area contributed by atoms with E-state index < -0.39 is 10.0 Å². The van der Waals surface area contributed by atoms with E-state index in [-0.39, 0.29) is 36.0 Å². The summed E-state index contributed by atoms with van der Waals surface area (Å²) in [6.07, 6.45) is 1.60. The normalized spacial score (nSPS) is 15.8. The van der Waals surface area contributed by atoms with E-state index in [1.165, 1.54) is 14.9 Å². The lowest BCUT2D eigenvalue weighted by Gasteiger charge is -2.34. The number of pyridine rings is 1. The third-order valence-electron chi connectivity index (χ3n) is 4.43. The molecule has 138 valence electrons. The largest absolute Gasteiger partial charge is 0.339 e. The number of nitrogens with zero attached hydrogens (tertiary/aromatic N) is 3. The Morgan fingerprint density at radius 2 is 1.69 bits per heavy atom.